The zero-order valence-electron chi connectivity index (χ0n) is 20.2. The SMILES string of the molecule is CCC1=C(C)/C(=C(\c2ccc(/C=C\C(C)=O)cc2)c2[nH]c(C)c(CC)c2C)N=C1C.F.[B]. The molecule has 1 aromatic carbocycles. The van der Waals surface area contributed by atoms with Gasteiger partial charge in [-0.15, -0.1) is 0 Å². The van der Waals surface area contributed by atoms with Crippen LogP contribution in [0.4, 0.5) is 4.70 Å². The Morgan fingerprint density at radius 2 is 1.66 bits per heavy atom. The number of nitrogens with one attached hydrogen (secondary N) is 1. The lowest BCUT2D eigenvalue weighted by atomic mass is 9.92. The summed E-state index contributed by atoms with van der Waals surface area (Å²) in [5.74, 6) is 0.0510. The van der Waals surface area contributed by atoms with Crippen molar-refractivity contribution in [3.05, 3.63) is 80.8 Å². The Labute approximate surface area is 193 Å². The standard InChI is InChI=1S/C27H32N2O.B.FH/c1-8-23-17(4)26(28-19(23)6)25(27-18(5)24(9-2)20(7)29-27)22-14-12-21(13-15-22)11-10-16(3)30;;/h10-15,28H,8-9H2,1-7H3;;1H/b11-10-,27-25-;;. The number of hydrogen-bond acceptors (Lipinski definition) is 2. The van der Waals surface area contributed by atoms with E-state index in [1.54, 1.807) is 13.0 Å². The first-order chi connectivity index (χ1) is 14.3. The smallest absolute Gasteiger partial charge is 0.152 e. The molecule has 1 aromatic heterocycles. The van der Waals surface area contributed by atoms with E-state index in [2.05, 4.69) is 70.8 Å². The van der Waals surface area contributed by atoms with Crippen LogP contribution in [-0.2, 0) is 11.2 Å². The molecule has 0 unspecified atom stereocenters. The largest absolute Gasteiger partial charge is 0.358 e. The minimum Gasteiger partial charge on any atom is -0.358 e. The van der Waals surface area contributed by atoms with Gasteiger partial charge < -0.3 is 4.98 Å². The second kappa shape index (κ2) is 11.1. The molecule has 0 spiro atoms. The highest BCUT2D eigenvalue weighted by atomic mass is 19.0. The number of aromatic nitrogens is 1. The second-order valence-electron chi connectivity index (χ2n) is 8.03. The van der Waals surface area contributed by atoms with E-state index in [9.17, 15) is 4.79 Å². The summed E-state index contributed by atoms with van der Waals surface area (Å²) in [6, 6.07) is 8.38. The minimum absolute atomic E-state index is 0. The minimum atomic E-state index is 0. The summed E-state index contributed by atoms with van der Waals surface area (Å²) in [6.07, 6.45) is 5.44. The highest BCUT2D eigenvalue weighted by Gasteiger charge is 2.24. The molecule has 1 aliphatic heterocycles. The Morgan fingerprint density at radius 1 is 1.03 bits per heavy atom. The molecule has 1 N–H and O–H groups in total. The number of aryl methyl sites for hydroxylation is 1. The number of H-pyrrole nitrogens is 1. The maximum atomic E-state index is 11.3. The Kier molecular flexibility index (Phi) is 9.38. The van der Waals surface area contributed by atoms with Crippen LogP contribution in [0.3, 0.4) is 0 Å². The van der Waals surface area contributed by atoms with E-state index in [-0.39, 0.29) is 18.9 Å². The quantitative estimate of drug-likeness (QED) is 0.410. The highest BCUT2D eigenvalue weighted by molar-refractivity contribution is 6.05. The van der Waals surface area contributed by atoms with Crippen molar-refractivity contribution in [2.75, 3.05) is 0 Å². The van der Waals surface area contributed by atoms with Gasteiger partial charge in [0.2, 0.25) is 0 Å². The summed E-state index contributed by atoms with van der Waals surface area (Å²) >= 11 is 0. The first-order valence-corrected chi connectivity index (χ1v) is 10.8. The summed E-state index contributed by atoms with van der Waals surface area (Å²) < 4.78 is 0. The maximum absolute atomic E-state index is 11.3. The van der Waals surface area contributed by atoms with Crippen molar-refractivity contribution in [3.8, 4) is 0 Å². The number of benzene rings is 1. The van der Waals surface area contributed by atoms with Crippen molar-refractivity contribution >= 4 is 31.6 Å². The van der Waals surface area contributed by atoms with Gasteiger partial charge in [-0.25, -0.2) is 0 Å². The highest BCUT2D eigenvalue weighted by Crippen LogP contribution is 2.38. The number of carbonyl (C=O) groups is 1. The van der Waals surface area contributed by atoms with Gasteiger partial charge in [0.05, 0.1) is 11.4 Å². The molecule has 32 heavy (non-hydrogen) atoms. The van der Waals surface area contributed by atoms with Gasteiger partial charge in [0.15, 0.2) is 5.78 Å². The number of aromatic amines is 1. The number of hydrogen-bond donors (Lipinski definition) is 1. The summed E-state index contributed by atoms with van der Waals surface area (Å²) in [5, 5.41) is 0. The molecule has 2 heterocycles. The van der Waals surface area contributed by atoms with E-state index >= 15 is 0 Å². The van der Waals surface area contributed by atoms with Crippen molar-refractivity contribution in [2.24, 2.45) is 4.99 Å². The fourth-order valence-electron chi connectivity index (χ4n) is 4.44. The van der Waals surface area contributed by atoms with Crippen LogP contribution < -0.4 is 0 Å². The molecule has 167 valence electrons. The third kappa shape index (κ3) is 5.09. The molecule has 0 saturated carbocycles. The van der Waals surface area contributed by atoms with E-state index in [0.29, 0.717) is 0 Å². The Bertz CT molecular complexity index is 1120. The molecule has 0 fully saturated rings. The molecule has 3 nitrogen and oxygen atoms in total. The average Bonchev–Trinajstić information content (AvgIpc) is 3.16. The molecule has 2 aromatic rings. The van der Waals surface area contributed by atoms with Crippen LogP contribution in [0.15, 0.2) is 52.2 Å². The van der Waals surface area contributed by atoms with Gasteiger partial charge in [-0.3, -0.25) is 14.5 Å². The Morgan fingerprint density at radius 3 is 2.12 bits per heavy atom. The predicted octanol–water partition coefficient (Wildman–Crippen LogP) is 6.53. The molecule has 0 aliphatic carbocycles. The molecule has 1 aliphatic rings. The monoisotopic (exact) mass is 431 g/mol. The van der Waals surface area contributed by atoms with Gasteiger partial charge in [0.25, 0.3) is 0 Å². The van der Waals surface area contributed by atoms with E-state index in [4.69, 9.17) is 4.99 Å². The number of carbonyl (C=O) groups excluding carboxylic acids is 1. The van der Waals surface area contributed by atoms with Crippen molar-refractivity contribution in [2.45, 2.75) is 61.3 Å². The molecule has 0 saturated heterocycles. The first kappa shape index (κ1) is 27.1. The fourth-order valence-corrected chi connectivity index (χ4v) is 4.44. The number of nitrogens with zero attached hydrogens (tertiary/aromatic N) is 1. The maximum Gasteiger partial charge on any atom is 0.152 e. The predicted molar refractivity (Wildman–Crippen MR) is 136 cm³/mol. The summed E-state index contributed by atoms with van der Waals surface area (Å²) in [4.78, 5) is 19.9. The lowest BCUT2D eigenvalue weighted by Gasteiger charge is -2.13. The van der Waals surface area contributed by atoms with E-state index in [1.807, 2.05) is 6.08 Å². The first-order valence-electron chi connectivity index (χ1n) is 10.8. The van der Waals surface area contributed by atoms with E-state index in [0.717, 1.165) is 46.6 Å². The lowest BCUT2D eigenvalue weighted by molar-refractivity contribution is -0.112. The van der Waals surface area contributed by atoms with E-state index in [1.165, 1.54) is 28.0 Å². The van der Waals surface area contributed by atoms with Gasteiger partial charge in [-0.1, -0.05) is 44.2 Å². The third-order valence-corrected chi connectivity index (χ3v) is 6.02. The summed E-state index contributed by atoms with van der Waals surface area (Å²) in [5.41, 5.74) is 13.1. The van der Waals surface area contributed by atoms with Gasteiger partial charge in [0, 0.05) is 25.4 Å². The van der Waals surface area contributed by atoms with Crippen molar-refractivity contribution in [3.63, 3.8) is 0 Å². The van der Waals surface area contributed by atoms with Gasteiger partial charge >= 0.3 is 0 Å². The van der Waals surface area contributed by atoms with Crippen molar-refractivity contribution in [1.82, 2.24) is 4.98 Å². The number of aliphatic imine (C=N–C) groups is 1. The fraction of sp³-hybridized carbons (Fsp3) is 0.333. The topological polar surface area (TPSA) is 45.2 Å². The number of allylic oxidation sites excluding steroid dienone is 3. The normalized spacial score (nSPS) is 14.9. The summed E-state index contributed by atoms with van der Waals surface area (Å²) in [6.45, 7) is 14.6. The molecule has 0 atom stereocenters. The van der Waals surface area contributed by atoms with Crippen molar-refractivity contribution in [1.29, 1.82) is 0 Å². The molecule has 0 amide bonds. The van der Waals surface area contributed by atoms with Crippen LogP contribution in [0.25, 0.3) is 11.6 Å². The second-order valence-corrected chi connectivity index (χ2v) is 8.03. The number of rotatable bonds is 6. The van der Waals surface area contributed by atoms with Crippen LogP contribution >= 0.6 is 0 Å². The molecule has 0 bridgehead atoms. The lowest BCUT2D eigenvalue weighted by Crippen LogP contribution is -1.97. The van der Waals surface area contributed by atoms with Crippen molar-refractivity contribution < 1.29 is 9.50 Å². The number of halogens is 1. The molecule has 3 rings (SSSR count). The van der Waals surface area contributed by atoms with Crippen LogP contribution in [0.2, 0.25) is 0 Å². The van der Waals surface area contributed by atoms with Crippen LogP contribution in [0.1, 0.15) is 74.7 Å². The average molecular weight is 431 g/mol. The van der Waals surface area contributed by atoms with Crippen LogP contribution in [0.5, 0.6) is 0 Å². The van der Waals surface area contributed by atoms with Gasteiger partial charge in [-0.2, -0.15) is 0 Å². The molecule has 5 heteroatoms. The number of ketones is 1. The zero-order chi connectivity index (χ0) is 22.0. The molecule has 3 radical (unpaired) electrons. The Hall–Kier alpha value is -2.95. The van der Waals surface area contributed by atoms with Gasteiger partial charge in [-0.05, 0) is 86.9 Å². The third-order valence-electron chi connectivity index (χ3n) is 6.02. The van der Waals surface area contributed by atoms with E-state index < -0.39 is 0 Å². The zero-order valence-corrected chi connectivity index (χ0v) is 20.2. The summed E-state index contributed by atoms with van der Waals surface area (Å²) in [7, 11) is 0. The Balaban J connectivity index is 0.00000256. The van der Waals surface area contributed by atoms with Crippen LogP contribution in [-0.4, -0.2) is 24.9 Å². The van der Waals surface area contributed by atoms with Crippen LogP contribution in [0, 0.1) is 13.8 Å². The molecular weight excluding hydrogens is 398 g/mol. The molecular formula is C27H33BFN2O. The van der Waals surface area contributed by atoms with Gasteiger partial charge in [0.1, 0.15) is 0 Å².